The molecule has 0 aromatic heterocycles. The molecule has 60 heavy (non-hydrogen) atoms. The quantitative estimate of drug-likeness (QED) is 0.0747. The Hall–Kier alpha value is -4.80. The fourth-order valence-corrected chi connectivity index (χ4v) is 3.94. The average Bonchev–Trinajstić information content (AvgIpc) is 3.25. The second kappa shape index (κ2) is 29.4. The van der Waals surface area contributed by atoms with Crippen LogP contribution < -0.4 is 0 Å². The summed E-state index contributed by atoms with van der Waals surface area (Å²) in [6.07, 6.45) is -25.2. The van der Waals surface area contributed by atoms with Gasteiger partial charge in [-0.25, -0.2) is 0 Å². The van der Waals surface area contributed by atoms with Crippen LogP contribution in [0, 0.1) is 27.8 Å². The highest BCUT2D eigenvalue weighted by molar-refractivity contribution is 14.1. The predicted molar refractivity (Wildman–Crippen MR) is 208 cm³/mol. The lowest BCUT2D eigenvalue weighted by Gasteiger charge is -2.07. The number of aryl methyl sites for hydroxylation is 2. The van der Waals surface area contributed by atoms with Gasteiger partial charge in [0.05, 0.1) is 22.3 Å². The molecule has 0 saturated carbocycles. The largest absolute Gasteiger partial charge is 0.481 e. The second-order valence-corrected chi connectivity index (χ2v) is 11.3. The van der Waals surface area contributed by atoms with Crippen LogP contribution in [0.4, 0.5) is 52.7 Å². The summed E-state index contributed by atoms with van der Waals surface area (Å²) in [5, 5.41) is 36.9. The number of aliphatic hydroxyl groups is 4. The van der Waals surface area contributed by atoms with Crippen molar-refractivity contribution in [1.29, 1.82) is 1.43 Å². The van der Waals surface area contributed by atoms with Crippen molar-refractivity contribution >= 4 is 28.6 Å². The molecule has 330 valence electrons. The summed E-state index contributed by atoms with van der Waals surface area (Å²) < 4.78 is 212. The fraction of sp³-hybridized carbons (Fsp3) is 0.293. The lowest BCUT2D eigenvalue weighted by Crippen LogP contribution is -2.05. The normalized spacial score (nSPS) is 13.8. The first kappa shape index (κ1) is 41.9. The van der Waals surface area contributed by atoms with Crippen LogP contribution in [-0.4, -0.2) is 59.9 Å². The molecule has 4 aromatic carbocycles. The van der Waals surface area contributed by atoms with Gasteiger partial charge in [-0.15, -0.1) is 6.42 Å². The number of aliphatic hydroxyl groups excluding tert-OH is 4. The number of halogens is 13. The van der Waals surface area contributed by atoms with E-state index >= 15 is 0 Å². The third kappa shape index (κ3) is 27.1. The Labute approximate surface area is 364 Å². The van der Waals surface area contributed by atoms with Crippen molar-refractivity contribution in [1.82, 2.24) is 0 Å². The molecule has 5 N–H and O–H groups in total. The zero-order chi connectivity index (χ0) is 54.5. The second-order valence-electron chi connectivity index (χ2n) is 10.1. The van der Waals surface area contributed by atoms with Crippen LogP contribution in [-0.2, 0) is 42.2 Å². The van der Waals surface area contributed by atoms with Crippen LogP contribution in [0.1, 0.15) is 62.7 Å². The first-order valence-electron chi connectivity index (χ1n) is 20.0. The van der Waals surface area contributed by atoms with Gasteiger partial charge in [-0.1, -0.05) is 66.3 Å². The Morgan fingerprint density at radius 1 is 0.667 bits per heavy atom. The Morgan fingerprint density at radius 2 is 1.05 bits per heavy atom. The van der Waals surface area contributed by atoms with Gasteiger partial charge >= 0.3 is 30.7 Å². The lowest BCUT2D eigenvalue weighted by atomic mass is 10.1. The van der Waals surface area contributed by atoms with E-state index in [1.165, 1.54) is 25.3 Å². The molecule has 0 saturated heterocycles. The van der Waals surface area contributed by atoms with Crippen LogP contribution in [0.5, 0.6) is 0 Å². The van der Waals surface area contributed by atoms with Crippen LogP contribution >= 0.6 is 22.6 Å². The van der Waals surface area contributed by atoms with Gasteiger partial charge in [0.2, 0.25) is 1.43 Å². The zero-order valence-corrected chi connectivity index (χ0v) is 32.6. The van der Waals surface area contributed by atoms with Gasteiger partial charge < -0.3 is 25.5 Å². The van der Waals surface area contributed by atoms with E-state index in [0.29, 0.717) is 21.8 Å². The highest BCUT2D eigenvalue weighted by Crippen LogP contribution is 2.32. The maximum Gasteiger partial charge on any atom is 0.416 e. The fourth-order valence-electron chi connectivity index (χ4n) is 3.39. The van der Waals surface area contributed by atoms with Crippen LogP contribution in [0.3, 0.4) is 0 Å². The Kier molecular flexibility index (Phi) is 20.6. The molecular formula is C41H39F12IO6. The van der Waals surface area contributed by atoms with E-state index in [1.54, 1.807) is 6.07 Å². The highest BCUT2D eigenvalue weighted by Gasteiger charge is 2.32. The minimum absolute atomic E-state index is 0.153. The number of carboxylic acids is 1. The van der Waals surface area contributed by atoms with Crippen LogP contribution in [0.2, 0.25) is 0 Å². The predicted octanol–water partition coefficient (Wildman–Crippen LogP) is 9.93. The number of terminal acetylenes is 1. The lowest BCUT2D eigenvalue weighted by molar-refractivity contribution is -0.138. The minimum Gasteiger partial charge on any atom is -0.481 e. The number of hydrogen-bond acceptors (Lipinski definition) is 5. The Morgan fingerprint density at radius 3 is 1.40 bits per heavy atom. The zero-order valence-electron chi connectivity index (χ0n) is 39.5. The van der Waals surface area contributed by atoms with Crippen molar-refractivity contribution in [2.45, 2.75) is 50.2 Å². The van der Waals surface area contributed by atoms with E-state index in [0.717, 1.165) is 54.6 Å². The average molecular weight is 992 g/mol. The summed E-state index contributed by atoms with van der Waals surface area (Å²) >= 11 is 1.85. The third-order valence-corrected chi connectivity index (χ3v) is 6.42. The molecule has 0 heterocycles. The molecule has 4 aromatic rings. The van der Waals surface area contributed by atoms with Gasteiger partial charge in [-0.05, 0) is 101 Å². The molecule has 0 aliphatic rings. The third-order valence-electron chi connectivity index (χ3n) is 5.75. The molecule has 0 atom stereocenters. The van der Waals surface area contributed by atoms with Gasteiger partial charge in [-0.2, -0.15) is 52.7 Å². The summed E-state index contributed by atoms with van der Waals surface area (Å²) in [6.45, 7) is -1.65. The van der Waals surface area contributed by atoms with Crippen molar-refractivity contribution in [3.8, 4) is 24.2 Å². The summed E-state index contributed by atoms with van der Waals surface area (Å²) in [7, 11) is 1.29. The number of benzene rings is 4. The standard InChI is InChI=1S/C10H9F3O2.C10H11F3O.C10H7F3O.C7H4F3I.C3H4O.CH4O/c11-10(12,13)8-3-1-2-7(6-8)4-5-9(14)15;2*11-10(12,13)9-5-1-3-8(7-9)4-2-6-14;8-7(9,10)5-2-1-3-6(11)4-5;1-2-3-4;1-2/h1-3,6H,4-5H2,(H,14,15);1,3,5,7,14H,2,4,6H2;1,3,5,7,14H,6H2;1-4H;1,4H,3H2;2H,1H3/i4D2,5D2;2D2,4D2;;;;2D. The molecule has 0 bridgehead atoms. The molecule has 0 spiro atoms. The molecule has 0 radical (unpaired) electrons. The summed E-state index contributed by atoms with van der Waals surface area (Å²) in [6, 6.07) is 16.1. The molecule has 0 aliphatic carbocycles. The van der Waals surface area contributed by atoms with Gasteiger partial charge in [0.15, 0.2) is 0 Å². The first-order chi connectivity index (χ1) is 31.3. The van der Waals surface area contributed by atoms with Gasteiger partial charge in [0.25, 0.3) is 0 Å². The van der Waals surface area contributed by atoms with Crippen molar-refractivity contribution in [3.63, 3.8) is 0 Å². The van der Waals surface area contributed by atoms with E-state index in [4.69, 9.17) is 32.8 Å². The van der Waals surface area contributed by atoms with E-state index in [1.807, 2.05) is 28.5 Å². The molecule has 0 fully saturated rings. The number of carbonyl (C=O) groups is 1. The SMILES string of the molecule is C#CCO.FC(F)(F)c1cccc(I)c1.OCC#Cc1cccc(C(F)(F)F)c1.[2H]C([2H])(C(=O)O)C([2H])([2H])c1cccc(C(F)(F)F)c1.[2H]C([2H])(CO)C([2H])([2H])c1cccc(C(F)(F)F)c1.[2H]OC. The molecule has 0 amide bonds. The Balaban J connectivity index is 0. The monoisotopic (exact) mass is 991 g/mol. The summed E-state index contributed by atoms with van der Waals surface area (Å²) in [5.41, 5.74) is -4.46. The minimum atomic E-state index is -4.72. The van der Waals surface area contributed by atoms with Gasteiger partial charge in [0, 0.05) is 40.2 Å². The number of alkyl halides is 12. The van der Waals surface area contributed by atoms with E-state index in [2.05, 4.69) is 23.4 Å². The van der Waals surface area contributed by atoms with Crippen molar-refractivity contribution in [3.05, 3.63) is 140 Å². The number of carboxylic acid groups (broad SMARTS) is 1. The maximum absolute atomic E-state index is 12.5. The van der Waals surface area contributed by atoms with Crippen molar-refractivity contribution in [2.24, 2.45) is 0 Å². The van der Waals surface area contributed by atoms with E-state index in [9.17, 15) is 57.5 Å². The Bertz CT molecular complexity index is 2310. The number of hydrogen-bond donors (Lipinski definition) is 5. The topological polar surface area (TPSA) is 118 Å². The molecule has 4 rings (SSSR count). The highest BCUT2D eigenvalue weighted by atomic mass is 127. The van der Waals surface area contributed by atoms with Crippen molar-refractivity contribution < 1.29 is 94.0 Å². The number of rotatable bonds is 6. The van der Waals surface area contributed by atoms with Crippen LogP contribution in [0.25, 0.3) is 0 Å². The molecule has 0 unspecified atom stereocenters. The van der Waals surface area contributed by atoms with Gasteiger partial charge in [0.1, 0.15) is 13.2 Å². The molecular weight excluding hydrogens is 943 g/mol. The first-order valence-corrected chi connectivity index (χ1v) is 16.7. The molecule has 0 aliphatic heterocycles. The van der Waals surface area contributed by atoms with E-state index < -0.39 is 96.2 Å². The molecule has 19 heteroatoms. The van der Waals surface area contributed by atoms with Crippen molar-refractivity contribution in [2.75, 3.05) is 26.9 Å². The summed E-state index contributed by atoms with van der Waals surface area (Å²) in [5.74, 6) is 4.59. The maximum atomic E-state index is 12.5. The number of aliphatic carboxylic acids is 1. The summed E-state index contributed by atoms with van der Waals surface area (Å²) in [4.78, 5) is 10.7. The van der Waals surface area contributed by atoms with Crippen LogP contribution in [0.15, 0.2) is 97.1 Å². The van der Waals surface area contributed by atoms with Gasteiger partial charge in [-0.3, -0.25) is 4.79 Å². The molecule has 6 nitrogen and oxygen atoms in total. The smallest absolute Gasteiger partial charge is 0.416 e. The van der Waals surface area contributed by atoms with E-state index in [-0.39, 0.29) is 18.8 Å².